The smallest absolute Gasteiger partial charge is 0.120 e. The van der Waals surface area contributed by atoms with Crippen molar-refractivity contribution in [2.45, 2.75) is 26.0 Å². The summed E-state index contributed by atoms with van der Waals surface area (Å²) in [5.41, 5.74) is 2.44. The minimum Gasteiger partial charge on any atom is -0.489 e. The average molecular weight is 293 g/mol. The summed E-state index contributed by atoms with van der Waals surface area (Å²) in [6.45, 7) is 3.46. The molecule has 0 amide bonds. The van der Waals surface area contributed by atoms with Crippen molar-refractivity contribution in [2.24, 2.45) is 0 Å². The number of likely N-dealkylation sites (N-methyl/N-ethyl adjacent to an activating group) is 1. The Morgan fingerprint density at radius 1 is 1.09 bits per heavy atom. The third kappa shape index (κ3) is 4.95. The second-order valence-electron chi connectivity index (χ2n) is 5.59. The minimum absolute atomic E-state index is 0.403. The average Bonchev–Trinajstić information content (AvgIpc) is 2.54. The van der Waals surface area contributed by atoms with E-state index in [2.05, 4.69) is 49.1 Å². The highest BCUT2D eigenvalue weighted by molar-refractivity contribution is 5.29. The lowest BCUT2D eigenvalue weighted by Crippen LogP contribution is -2.31. The number of hydrogen-bond donors (Lipinski definition) is 0. The van der Waals surface area contributed by atoms with E-state index in [1.165, 1.54) is 11.1 Å². The molecule has 0 aliphatic carbocycles. The Labute approximate surface area is 133 Å². The van der Waals surface area contributed by atoms with Gasteiger partial charge in [-0.25, -0.2) is 0 Å². The van der Waals surface area contributed by atoms with Gasteiger partial charge in [0.1, 0.15) is 12.4 Å². The van der Waals surface area contributed by atoms with Gasteiger partial charge in [-0.05, 0) is 43.7 Å². The molecule has 0 fully saturated rings. The monoisotopic (exact) mass is 293 g/mol. The van der Waals surface area contributed by atoms with Crippen LogP contribution in [0.2, 0.25) is 0 Å². The fourth-order valence-electron chi connectivity index (χ4n) is 2.30. The molecule has 2 aromatic rings. The number of hydrogen-bond acceptors (Lipinski definition) is 2. The van der Waals surface area contributed by atoms with Gasteiger partial charge >= 0.3 is 0 Å². The number of terminal acetylenes is 1. The van der Waals surface area contributed by atoms with E-state index < -0.39 is 0 Å². The molecule has 0 radical (unpaired) electrons. The molecular weight excluding hydrogens is 270 g/mol. The van der Waals surface area contributed by atoms with E-state index >= 15 is 0 Å². The van der Waals surface area contributed by atoms with Crippen molar-refractivity contribution in [3.8, 4) is 18.1 Å². The molecule has 1 atom stereocenters. The molecule has 22 heavy (non-hydrogen) atoms. The van der Waals surface area contributed by atoms with Crippen LogP contribution in [0, 0.1) is 12.3 Å². The van der Waals surface area contributed by atoms with Gasteiger partial charge in [-0.2, -0.15) is 0 Å². The van der Waals surface area contributed by atoms with Crippen molar-refractivity contribution in [2.75, 3.05) is 13.6 Å². The van der Waals surface area contributed by atoms with E-state index in [1.54, 1.807) is 0 Å². The van der Waals surface area contributed by atoms with Crippen LogP contribution in [0.15, 0.2) is 54.6 Å². The Bertz CT molecular complexity index is 615. The number of nitrogens with zero attached hydrogens (tertiary/aromatic N) is 1. The summed E-state index contributed by atoms with van der Waals surface area (Å²) >= 11 is 0. The minimum atomic E-state index is 0.403. The molecule has 0 saturated heterocycles. The third-order valence-electron chi connectivity index (χ3n) is 3.77. The van der Waals surface area contributed by atoms with Crippen LogP contribution in [0.25, 0.3) is 0 Å². The normalized spacial score (nSPS) is 11.9. The standard InChI is InChI=1S/C20H23NO/c1-4-13-21(3)17(2)14-19-11-8-12-20(15-19)22-16-18-9-6-5-7-10-18/h1,5-12,15,17H,13-14,16H2,2-3H3/t17-/m1/s1. The zero-order chi connectivity index (χ0) is 15.8. The number of rotatable bonds is 7. The van der Waals surface area contributed by atoms with Gasteiger partial charge in [0.15, 0.2) is 0 Å². The molecule has 2 heteroatoms. The van der Waals surface area contributed by atoms with Gasteiger partial charge in [-0.3, -0.25) is 4.90 Å². The molecule has 0 bridgehead atoms. The zero-order valence-electron chi connectivity index (χ0n) is 13.3. The van der Waals surface area contributed by atoms with Gasteiger partial charge in [0.2, 0.25) is 0 Å². The molecule has 0 aromatic heterocycles. The fourth-order valence-corrected chi connectivity index (χ4v) is 2.30. The van der Waals surface area contributed by atoms with Gasteiger partial charge in [0.05, 0.1) is 6.54 Å². The maximum absolute atomic E-state index is 5.88. The molecule has 0 heterocycles. The van der Waals surface area contributed by atoms with Crippen LogP contribution in [0.1, 0.15) is 18.1 Å². The van der Waals surface area contributed by atoms with E-state index in [0.29, 0.717) is 19.2 Å². The van der Waals surface area contributed by atoms with E-state index in [9.17, 15) is 0 Å². The van der Waals surface area contributed by atoms with E-state index in [1.807, 2.05) is 30.3 Å². The van der Waals surface area contributed by atoms with Crippen LogP contribution in [0.5, 0.6) is 5.75 Å². The first-order valence-electron chi connectivity index (χ1n) is 7.58. The highest BCUT2D eigenvalue weighted by atomic mass is 16.5. The molecule has 0 spiro atoms. The summed E-state index contributed by atoms with van der Waals surface area (Å²) in [6, 6.07) is 18.9. The topological polar surface area (TPSA) is 12.5 Å². The van der Waals surface area contributed by atoms with Gasteiger partial charge in [0, 0.05) is 6.04 Å². The SMILES string of the molecule is C#CCN(C)[C@H](C)Cc1cccc(OCc2ccccc2)c1. The quantitative estimate of drug-likeness (QED) is 0.721. The second-order valence-corrected chi connectivity index (χ2v) is 5.59. The van der Waals surface area contributed by atoms with Crippen molar-refractivity contribution in [1.82, 2.24) is 4.90 Å². The lowest BCUT2D eigenvalue weighted by molar-refractivity contribution is 0.285. The summed E-state index contributed by atoms with van der Waals surface area (Å²) in [7, 11) is 2.06. The lowest BCUT2D eigenvalue weighted by atomic mass is 10.1. The van der Waals surface area contributed by atoms with Crippen molar-refractivity contribution >= 4 is 0 Å². The van der Waals surface area contributed by atoms with E-state index in [4.69, 9.17) is 11.2 Å². The molecule has 0 aliphatic heterocycles. The summed E-state index contributed by atoms with van der Waals surface area (Å²) in [6.07, 6.45) is 6.33. The van der Waals surface area contributed by atoms with Crippen LogP contribution in [0.4, 0.5) is 0 Å². The first kappa shape index (κ1) is 16.1. The first-order valence-corrected chi connectivity index (χ1v) is 7.58. The van der Waals surface area contributed by atoms with Crippen molar-refractivity contribution in [1.29, 1.82) is 0 Å². The fraction of sp³-hybridized carbons (Fsp3) is 0.300. The molecule has 2 aromatic carbocycles. The summed E-state index contributed by atoms with van der Waals surface area (Å²) in [5, 5.41) is 0. The molecule has 2 nitrogen and oxygen atoms in total. The number of ether oxygens (including phenoxy) is 1. The Balaban J connectivity index is 1.94. The lowest BCUT2D eigenvalue weighted by Gasteiger charge is -2.22. The first-order chi connectivity index (χ1) is 10.7. The van der Waals surface area contributed by atoms with Crippen LogP contribution < -0.4 is 4.74 Å². The van der Waals surface area contributed by atoms with Crippen molar-refractivity contribution < 1.29 is 4.74 Å². The van der Waals surface area contributed by atoms with Crippen molar-refractivity contribution in [3.63, 3.8) is 0 Å². The van der Waals surface area contributed by atoms with E-state index in [0.717, 1.165) is 12.2 Å². The molecule has 0 unspecified atom stereocenters. The molecule has 0 aliphatic rings. The molecule has 0 saturated carbocycles. The maximum Gasteiger partial charge on any atom is 0.120 e. The van der Waals surface area contributed by atoms with Gasteiger partial charge in [-0.1, -0.05) is 48.4 Å². The molecule has 2 rings (SSSR count). The van der Waals surface area contributed by atoms with Crippen LogP contribution in [-0.4, -0.2) is 24.5 Å². The van der Waals surface area contributed by atoms with Gasteiger partial charge in [0.25, 0.3) is 0 Å². The van der Waals surface area contributed by atoms with Crippen LogP contribution in [-0.2, 0) is 13.0 Å². The molecule has 114 valence electrons. The Hall–Kier alpha value is -2.24. The number of benzene rings is 2. The Morgan fingerprint density at radius 2 is 1.82 bits per heavy atom. The summed E-state index contributed by atoms with van der Waals surface area (Å²) < 4.78 is 5.88. The summed E-state index contributed by atoms with van der Waals surface area (Å²) in [5.74, 6) is 3.60. The highest BCUT2D eigenvalue weighted by Gasteiger charge is 2.09. The third-order valence-corrected chi connectivity index (χ3v) is 3.77. The second kappa shape index (κ2) is 8.26. The predicted octanol–water partition coefficient (Wildman–Crippen LogP) is 3.76. The largest absolute Gasteiger partial charge is 0.489 e. The molecule has 0 N–H and O–H groups in total. The van der Waals surface area contributed by atoms with Crippen LogP contribution in [0.3, 0.4) is 0 Å². The Morgan fingerprint density at radius 3 is 2.55 bits per heavy atom. The highest BCUT2D eigenvalue weighted by Crippen LogP contribution is 2.17. The summed E-state index contributed by atoms with van der Waals surface area (Å²) in [4.78, 5) is 2.18. The van der Waals surface area contributed by atoms with E-state index in [-0.39, 0.29) is 0 Å². The van der Waals surface area contributed by atoms with Gasteiger partial charge in [-0.15, -0.1) is 6.42 Å². The predicted molar refractivity (Wildman–Crippen MR) is 91.8 cm³/mol. The zero-order valence-corrected chi connectivity index (χ0v) is 13.3. The maximum atomic E-state index is 5.88. The Kier molecular flexibility index (Phi) is 6.06. The van der Waals surface area contributed by atoms with Crippen LogP contribution >= 0.6 is 0 Å². The molecular formula is C20H23NO. The van der Waals surface area contributed by atoms with Crippen molar-refractivity contribution in [3.05, 3.63) is 65.7 Å². The van der Waals surface area contributed by atoms with Gasteiger partial charge < -0.3 is 4.74 Å².